The Hall–Kier alpha value is -3.50. The van der Waals surface area contributed by atoms with Crippen molar-refractivity contribution in [3.8, 4) is 0 Å². The first-order chi connectivity index (χ1) is 16.6. The molecule has 2 amide bonds. The summed E-state index contributed by atoms with van der Waals surface area (Å²) in [6.45, 7) is 0.397. The number of aryl methyl sites for hydroxylation is 1. The fourth-order valence-electron chi connectivity index (χ4n) is 3.15. The number of furan rings is 1. The SMILES string of the molecule is NC(=O)CCc1nnc(SCC(=O)Nc2ccccc2Sc2ccccc2)n1Cc1ccco1. The zero-order valence-corrected chi connectivity index (χ0v) is 19.8. The lowest BCUT2D eigenvalue weighted by molar-refractivity contribution is -0.118. The molecule has 3 N–H and O–H groups in total. The van der Waals surface area contributed by atoms with Gasteiger partial charge in [0.05, 0.1) is 24.2 Å². The largest absolute Gasteiger partial charge is 0.467 e. The average molecular weight is 494 g/mol. The minimum Gasteiger partial charge on any atom is -0.467 e. The third-order valence-corrected chi connectivity index (χ3v) is 6.80. The topological polar surface area (TPSA) is 116 Å². The third-order valence-electron chi connectivity index (χ3n) is 4.75. The summed E-state index contributed by atoms with van der Waals surface area (Å²) in [6, 6.07) is 21.3. The number of carbonyl (C=O) groups excluding carboxylic acids is 2. The van der Waals surface area contributed by atoms with Gasteiger partial charge in [-0.05, 0) is 36.4 Å². The van der Waals surface area contributed by atoms with Gasteiger partial charge in [-0.25, -0.2) is 0 Å². The summed E-state index contributed by atoms with van der Waals surface area (Å²) < 4.78 is 7.30. The number of primary amides is 1. The van der Waals surface area contributed by atoms with Gasteiger partial charge in [-0.3, -0.25) is 14.2 Å². The molecule has 0 bridgehead atoms. The third kappa shape index (κ3) is 6.52. The van der Waals surface area contributed by atoms with Crippen molar-refractivity contribution in [2.75, 3.05) is 11.1 Å². The number of benzene rings is 2. The molecule has 0 aliphatic rings. The predicted octanol–water partition coefficient (Wildman–Crippen LogP) is 4.22. The highest BCUT2D eigenvalue weighted by Gasteiger charge is 2.17. The number of carbonyl (C=O) groups is 2. The standard InChI is InChI=1S/C24H23N5O3S2/c25-21(30)12-13-22-27-28-24(29(22)15-17-7-6-14-32-17)33-16-23(31)26-19-10-4-5-11-20(19)34-18-8-2-1-3-9-18/h1-11,14H,12-13,15-16H2,(H2,25,30)(H,26,31). The number of hydrogen-bond acceptors (Lipinski definition) is 7. The molecule has 2 aromatic carbocycles. The molecule has 4 rings (SSSR count). The van der Waals surface area contributed by atoms with Crippen molar-refractivity contribution in [3.05, 3.63) is 84.6 Å². The van der Waals surface area contributed by atoms with Crippen molar-refractivity contribution in [1.82, 2.24) is 14.8 Å². The van der Waals surface area contributed by atoms with E-state index in [1.165, 1.54) is 11.8 Å². The molecule has 0 saturated heterocycles. The van der Waals surface area contributed by atoms with Gasteiger partial charge in [0.25, 0.3) is 0 Å². The number of nitrogens with two attached hydrogens (primary N) is 1. The summed E-state index contributed by atoms with van der Waals surface area (Å²) in [5.74, 6) is 0.919. The average Bonchev–Trinajstić information content (AvgIpc) is 3.49. The zero-order valence-electron chi connectivity index (χ0n) is 18.2. The lowest BCUT2D eigenvalue weighted by Gasteiger charge is -2.11. The minimum absolute atomic E-state index is 0.149. The monoisotopic (exact) mass is 493 g/mol. The fourth-order valence-corrected chi connectivity index (χ4v) is 4.83. The fraction of sp³-hybridized carbons (Fsp3) is 0.167. The number of nitrogens with zero attached hydrogens (tertiary/aromatic N) is 3. The van der Waals surface area contributed by atoms with Gasteiger partial charge in [-0.15, -0.1) is 10.2 Å². The van der Waals surface area contributed by atoms with Crippen LogP contribution in [0.5, 0.6) is 0 Å². The van der Waals surface area contributed by atoms with Crippen molar-refractivity contribution < 1.29 is 14.0 Å². The summed E-state index contributed by atoms with van der Waals surface area (Å²) in [5, 5.41) is 12.0. The zero-order chi connectivity index (χ0) is 23.8. The summed E-state index contributed by atoms with van der Waals surface area (Å²) in [4.78, 5) is 26.0. The van der Waals surface area contributed by atoms with Crippen LogP contribution in [0.2, 0.25) is 0 Å². The highest BCUT2D eigenvalue weighted by atomic mass is 32.2. The first-order valence-electron chi connectivity index (χ1n) is 10.6. The smallest absolute Gasteiger partial charge is 0.234 e. The second-order valence-corrected chi connectivity index (χ2v) is 9.34. The number of anilines is 1. The van der Waals surface area contributed by atoms with Crippen LogP contribution >= 0.6 is 23.5 Å². The number of aromatic nitrogens is 3. The van der Waals surface area contributed by atoms with Crippen molar-refractivity contribution in [2.24, 2.45) is 5.73 Å². The van der Waals surface area contributed by atoms with E-state index >= 15 is 0 Å². The molecule has 8 nitrogen and oxygen atoms in total. The first-order valence-corrected chi connectivity index (χ1v) is 12.4. The Morgan fingerprint density at radius 3 is 2.56 bits per heavy atom. The Morgan fingerprint density at radius 1 is 1.00 bits per heavy atom. The molecule has 0 unspecified atom stereocenters. The van der Waals surface area contributed by atoms with E-state index in [1.807, 2.05) is 65.2 Å². The highest BCUT2D eigenvalue weighted by molar-refractivity contribution is 8.00. The van der Waals surface area contributed by atoms with Gasteiger partial charge >= 0.3 is 0 Å². The summed E-state index contributed by atoms with van der Waals surface area (Å²) in [7, 11) is 0. The minimum atomic E-state index is -0.409. The Morgan fingerprint density at radius 2 is 1.79 bits per heavy atom. The Balaban J connectivity index is 1.42. The molecule has 2 heterocycles. The van der Waals surface area contributed by atoms with Crippen LogP contribution in [-0.4, -0.2) is 32.3 Å². The summed E-state index contributed by atoms with van der Waals surface area (Å²) in [6.07, 6.45) is 2.12. The first kappa shape index (κ1) is 23.7. The number of thioether (sulfide) groups is 1. The Bertz CT molecular complexity index is 1240. The van der Waals surface area contributed by atoms with E-state index in [2.05, 4.69) is 15.5 Å². The van der Waals surface area contributed by atoms with Crippen LogP contribution in [0, 0.1) is 0 Å². The van der Waals surface area contributed by atoms with E-state index < -0.39 is 5.91 Å². The van der Waals surface area contributed by atoms with Crippen LogP contribution in [-0.2, 0) is 22.6 Å². The molecule has 10 heteroatoms. The Kier molecular flexibility index (Phi) is 8.05. The molecule has 0 radical (unpaired) electrons. The van der Waals surface area contributed by atoms with E-state index in [-0.39, 0.29) is 18.1 Å². The van der Waals surface area contributed by atoms with Gasteiger partial charge in [-0.2, -0.15) is 0 Å². The molecule has 174 valence electrons. The number of rotatable bonds is 11. The van der Waals surface area contributed by atoms with Gasteiger partial charge in [0.15, 0.2) is 5.16 Å². The van der Waals surface area contributed by atoms with Gasteiger partial charge in [0, 0.05) is 22.6 Å². The van der Waals surface area contributed by atoms with E-state index in [1.54, 1.807) is 24.1 Å². The van der Waals surface area contributed by atoms with Crippen molar-refractivity contribution in [3.63, 3.8) is 0 Å². The summed E-state index contributed by atoms with van der Waals surface area (Å²) in [5.41, 5.74) is 6.04. The van der Waals surface area contributed by atoms with E-state index in [0.717, 1.165) is 21.2 Å². The molecular formula is C24H23N5O3S2. The van der Waals surface area contributed by atoms with Crippen molar-refractivity contribution >= 4 is 41.0 Å². The van der Waals surface area contributed by atoms with Crippen LogP contribution in [0.4, 0.5) is 5.69 Å². The normalized spacial score (nSPS) is 10.8. The second kappa shape index (κ2) is 11.6. The van der Waals surface area contributed by atoms with E-state index in [4.69, 9.17) is 10.2 Å². The van der Waals surface area contributed by atoms with Crippen LogP contribution < -0.4 is 11.1 Å². The maximum absolute atomic E-state index is 12.8. The van der Waals surface area contributed by atoms with Crippen LogP contribution in [0.25, 0.3) is 0 Å². The van der Waals surface area contributed by atoms with Crippen LogP contribution in [0.15, 0.2) is 92.4 Å². The van der Waals surface area contributed by atoms with Crippen LogP contribution in [0.3, 0.4) is 0 Å². The molecule has 0 spiro atoms. The number of amides is 2. The lowest BCUT2D eigenvalue weighted by atomic mass is 10.3. The number of para-hydroxylation sites is 1. The lowest BCUT2D eigenvalue weighted by Crippen LogP contribution is -2.16. The maximum Gasteiger partial charge on any atom is 0.234 e. The molecule has 34 heavy (non-hydrogen) atoms. The van der Waals surface area contributed by atoms with Crippen molar-refractivity contribution in [1.29, 1.82) is 0 Å². The molecule has 4 aromatic rings. The predicted molar refractivity (Wildman–Crippen MR) is 132 cm³/mol. The highest BCUT2D eigenvalue weighted by Crippen LogP contribution is 2.33. The molecule has 0 aliphatic heterocycles. The van der Waals surface area contributed by atoms with Gasteiger partial charge in [0.2, 0.25) is 11.8 Å². The Labute approximate surface area is 205 Å². The quantitative estimate of drug-likeness (QED) is 0.301. The molecule has 0 saturated carbocycles. The second-order valence-electron chi connectivity index (χ2n) is 7.28. The van der Waals surface area contributed by atoms with Gasteiger partial charge < -0.3 is 15.5 Å². The van der Waals surface area contributed by atoms with Gasteiger partial charge in [0.1, 0.15) is 11.6 Å². The van der Waals surface area contributed by atoms with Crippen LogP contribution in [0.1, 0.15) is 18.0 Å². The van der Waals surface area contributed by atoms with Gasteiger partial charge in [-0.1, -0.05) is 53.9 Å². The molecule has 2 aromatic heterocycles. The number of nitrogens with one attached hydrogen (secondary N) is 1. The summed E-state index contributed by atoms with van der Waals surface area (Å²) >= 11 is 2.86. The van der Waals surface area contributed by atoms with E-state index in [9.17, 15) is 9.59 Å². The van der Waals surface area contributed by atoms with E-state index in [0.29, 0.717) is 23.9 Å². The maximum atomic E-state index is 12.8. The molecule has 0 aliphatic carbocycles. The molecular weight excluding hydrogens is 470 g/mol. The molecule has 0 fully saturated rings. The number of hydrogen-bond donors (Lipinski definition) is 2. The molecule has 0 atom stereocenters. The van der Waals surface area contributed by atoms with Crippen molar-refractivity contribution in [2.45, 2.75) is 34.3 Å².